The van der Waals surface area contributed by atoms with Crippen LogP contribution in [0.5, 0.6) is 5.75 Å². The minimum absolute atomic E-state index is 0.0165. The van der Waals surface area contributed by atoms with Crippen molar-refractivity contribution in [3.63, 3.8) is 0 Å². The van der Waals surface area contributed by atoms with E-state index in [1.165, 1.54) is 10.4 Å². The molecule has 2 aromatic rings. The van der Waals surface area contributed by atoms with Crippen LogP contribution in [0.2, 0.25) is 0 Å². The Labute approximate surface area is 153 Å². The summed E-state index contributed by atoms with van der Waals surface area (Å²) in [6.07, 6.45) is 2.96. The molecule has 0 saturated carbocycles. The van der Waals surface area contributed by atoms with Gasteiger partial charge in [-0.1, -0.05) is 22.9 Å². The summed E-state index contributed by atoms with van der Waals surface area (Å²) >= 11 is 5.24. The second-order valence-electron chi connectivity index (χ2n) is 6.49. The van der Waals surface area contributed by atoms with Crippen molar-refractivity contribution in [1.29, 1.82) is 0 Å². The number of amides is 1. The minimum Gasteiger partial charge on any atom is -0.496 e. The summed E-state index contributed by atoms with van der Waals surface area (Å²) in [5.41, 5.74) is 3.02. The molecular formula is C18H19BrN2O2S. The van der Waals surface area contributed by atoms with Gasteiger partial charge in [-0.25, -0.2) is 0 Å². The Morgan fingerprint density at radius 2 is 2.17 bits per heavy atom. The standard InChI is InChI=1S/C18H19BrN2O2S/c1-9-3-5-11-14(7-9)24-18-15(11)17(22)20-16(21-18)12-8-10(19)4-6-13(12)23-2/h4,6,8-9,16,21H,3,5,7H2,1-2H3,(H,20,22)/t9-,16-/m0/s1. The van der Waals surface area contributed by atoms with Crippen LogP contribution in [0.25, 0.3) is 0 Å². The number of fused-ring (bicyclic) bond motifs is 3. The molecule has 2 heterocycles. The number of hydrogen-bond acceptors (Lipinski definition) is 4. The summed E-state index contributed by atoms with van der Waals surface area (Å²) in [6.45, 7) is 2.28. The summed E-state index contributed by atoms with van der Waals surface area (Å²) in [7, 11) is 1.65. The predicted molar refractivity (Wildman–Crippen MR) is 100 cm³/mol. The zero-order valence-corrected chi connectivity index (χ0v) is 16.0. The van der Waals surface area contributed by atoms with Gasteiger partial charge in [0.1, 0.15) is 16.9 Å². The monoisotopic (exact) mass is 406 g/mol. The van der Waals surface area contributed by atoms with Crippen LogP contribution in [0.1, 0.15) is 45.9 Å². The van der Waals surface area contributed by atoms with Crippen LogP contribution < -0.4 is 15.4 Å². The Balaban J connectivity index is 1.73. The normalized spacial score (nSPS) is 22.2. The molecule has 1 aliphatic heterocycles. The number of thiophene rings is 1. The zero-order chi connectivity index (χ0) is 16.8. The van der Waals surface area contributed by atoms with Crippen LogP contribution >= 0.6 is 27.3 Å². The fourth-order valence-electron chi connectivity index (χ4n) is 3.55. The van der Waals surface area contributed by atoms with Gasteiger partial charge in [0, 0.05) is 14.9 Å². The van der Waals surface area contributed by atoms with Crippen molar-refractivity contribution in [3.05, 3.63) is 44.2 Å². The summed E-state index contributed by atoms with van der Waals surface area (Å²) in [4.78, 5) is 14.1. The number of ether oxygens (including phenoxy) is 1. The Hall–Kier alpha value is -1.53. The van der Waals surface area contributed by atoms with E-state index in [0.29, 0.717) is 5.92 Å². The molecule has 4 rings (SSSR count). The maximum atomic E-state index is 12.8. The van der Waals surface area contributed by atoms with Crippen molar-refractivity contribution in [2.75, 3.05) is 12.4 Å². The zero-order valence-electron chi connectivity index (χ0n) is 13.6. The molecule has 4 nitrogen and oxygen atoms in total. The van der Waals surface area contributed by atoms with Gasteiger partial charge in [0.05, 0.1) is 12.7 Å². The highest BCUT2D eigenvalue weighted by atomic mass is 79.9. The highest BCUT2D eigenvalue weighted by Crippen LogP contribution is 2.43. The SMILES string of the molecule is COc1ccc(Br)cc1[C@H]1NC(=O)c2c(sc3c2CC[C@H](C)C3)N1. The first-order valence-corrected chi connectivity index (χ1v) is 9.73. The van der Waals surface area contributed by atoms with Gasteiger partial charge in [0.25, 0.3) is 5.91 Å². The van der Waals surface area contributed by atoms with Crippen LogP contribution in [0.3, 0.4) is 0 Å². The molecule has 0 spiro atoms. The lowest BCUT2D eigenvalue weighted by Gasteiger charge is -2.28. The van der Waals surface area contributed by atoms with Crippen molar-refractivity contribution in [2.24, 2.45) is 5.92 Å². The fraction of sp³-hybridized carbons (Fsp3) is 0.389. The predicted octanol–water partition coefficient (Wildman–Crippen LogP) is 4.50. The third-order valence-electron chi connectivity index (χ3n) is 4.79. The van der Waals surface area contributed by atoms with Gasteiger partial charge >= 0.3 is 0 Å². The van der Waals surface area contributed by atoms with Crippen LogP contribution in [-0.4, -0.2) is 13.0 Å². The summed E-state index contributed by atoms with van der Waals surface area (Å²) < 4.78 is 6.42. The first-order valence-electron chi connectivity index (χ1n) is 8.12. The largest absolute Gasteiger partial charge is 0.496 e. The van der Waals surface area contributed by atoms with E-state index >= 15 is 0 Å². The summed E-state index contributed by atoms with van der Waals surface area (Å²) in [5, 5.41) is 7.59. The summed E-state index contributed by atoms with van der Waals surface area (Å²) in [6, 6.07) is 5.82. The number of rotatable bonds is 2. The Morgan fingerprint density at radius 1 is 1.33 bits per heavy atom. The van der Waals surface area contributed by atoms with Crippen molar-refractivity contribution in [3.8, 4) is 5.75 Å². The molecule has 0 unspecified atom stereocenters. The second kappa shape index (κ2) is 6.08. The van der Waals surface area contributed by atoms with E-state index < -0.39 is 0 Å². The van der Waals surface area contributed by atoms with E-state index in [9.17, 15) is 4.79 Å². The van der Waals surface area contributed by atoms with E-state index in [4.69, 9.17) is 4.74 Å². The third-order valence-corrected chi connectivity index (χ3v) is 6.47. The molecule has 6 heteroatoms. The molecule has 0 radical (unpaired) electrons. The van der Waals surface area contributed by atoms with E-state index in [0.717, 1.165) is 45.6 Å². The Bertz CT molecular complexity index is 818. The molecule has 1 aliphatic carbocycles. The molecular weight excluding hydrogens is 388 g/mol. The number of halogens is 1. The highest BCUT2D eigenvalue weighted by molar-refractivity contribution is 9.10. The van der Waals surface area contributed by atoms with Gasteiger partial charge in [-0.05, 0) is 48.9 Å². The molecule has 126 valence electrons. The van der Waals surface area contributed by atoms with Crippen molar-refractivity contribution in [2.45, 2.75) is 32.4 Å². The van der Waals surface area contributed by atoms with E-state index in [1.807, 2.05) is 18.2 Å². The van der Waals surface area contributed by atoms with Crippen LogP contribution in [-0.2, 0) is 12.8 Å². The average molecular weight is 407 g/mol. The van der Waals surface area contributed by atoms with Crippen LogP contribution in [0, 0.1) is 5.92 Å². The molecule has 1 amide bonds. The van der Waals surface area contributed by atoms with Gasteiger partial charge in [-0.15, -0.1) is 11.3 Å². The van der Waals surface area contributed by atoms with E-state index in [2.05, 4.69) is 33.5 Å². The molecule has 1 aromatic heterocycles. The quantitative estimate of drug-likeness (QED) is 0.771. The van der Waals surface area contributed by atoms with Gasteiger partial charge in [0.15, 0.2) is 0 Å². The Morgan fingerprint density at radius 3 is 2.96 bits per heavy atom. The molecule has 0 fully saturated rings. The number of carbonyl (C=O) groups excluding carboxylic acids is 1. The number of benzene rings is 1. The van der Waals surface area contributed by atoms with Gasteiger partial charge in [-0.2, -0.15) is 0 Å². The lowest BCUT2D eigenvalue weighted by Crippen LogP contribution is -2.38. The van der Waals surface area contributed by atoms with Gasteiger partial charge < -0.3 is 15.4 Å². The van der Waals surface area contributed by atoms with Crippen LogP contribution in [0.4, 0.5) is 5.00 Å². The molecule has 0 bridgehead atoms. The fourth-order valence-corrected chi connectivity index (χ4v) is 5.36. The lowest BCUT2D eigenvalue weighted by atomic mass is 9.88. The molecule has 2 atom stereocenters. The number of nitrogens with one attached hydrogen (secondary N) is 2. The van der Waals surface area contributed by atoms with Crippen molar-refractivity contribution < 1.29 is 9.53 Å². The Kier molecular flexibility index (Phi) is 4.04. The van der Waals surface area contributed by atoms with Crippen molar-refractivity contribution in [1.82, 2.24) is 5.32 Å². The maximum absolute atomic E-state index is 12.8. The van der Waals surface area contributed by atoms with Gasteiger partial charge in [-0.3, -0.25) is 4.79 Å². The highest BCUT2D eigenvalue weighted by Gasteiger charge is 2.33. The molecule has 1 aromatic carbocycles. The first kappa shape index (κ1) is 16.0. The molecule has 24 heavy (non-hydrogen) atoms. The summed E-state index contributed by atoms with van der Waals surface area (Å²) in [5.74, 6) is 1.47. The van der Waals surface area contributed by atoms with Crippen LogP contribution in [0.15, 0.2) is 22.7 Å². The number of carbonyl (C=O) groups is 1. The second-order valence-corrected chi connectivity index (χ2v) is 8.51. The molecule has 2 N–H and O–H groups in total. The first-order chi connectivity index (χ1) is 11.6. The topological polar surface area (TPSA) is 50.4 Å². The van der Waals surface area contributed by atoms with Crippen molar-refractivity contribution >= 4 is 38.2 Å². The average Bonchev–Trinajstić information content (AvgIpc) is 2.92. The number of methoxy groups -OCH3 is 1. The maximum Gasteiger partial charge on any atom is 0.256 e. The number of hydrogen-bond donors (Lipinski definition) is 2. The molecule has 2 aliphatic rings. The lowest BCUT2D eigenvalue weighted by molar-refractivity contribution is 0.0934. The van der Waals surface area contributed by atoms with E-state index in [1.54, 1.807) is 18.4 Å². The number of anilines is 1. The van der Waals surface area contributed by atoms with Gasteiger partial charge in [0.2, 0.25) is 0 Å². The minimum atomic E-state index is -0.282. The smallest absolute Gasteiger partial charge is 0.256 e. The molecule has 0 saturated heterocycles. The van der Waals surface area contributed by atoms with E-state index in [-0.39, 0.29) is 12.1 Å². The third kappa shape index (κ3) is 2.62.